The predicted molar refractivity (Wildman–Crippen MR) is 159 cm³/mol. The number of aromatic nitrogens is 1. The van der Waals surface area contributed by atoms with Gasteiger partial charge in [0.1, 0.15) is 16.4 Å². The Morgan fingerprint density at radius 3 is 2.50 bits per heavy atom. The van der Waals surface area contributed by atoms with E-state index in [1.165, 1.54) is 24.8 Å². The van der Waals surface area contributed by atoms with E-state index < -0.39 is 0 Å². The molecule has 0 bridgehead atoms. The molecule has 2 heterocycles. The lowest BCUT2D eigenvalue weighted by Gasteiger charge is -2.35. The third-order valence-electron chi connectivity index (χ3n) is 6.83. The van der Waals surface area contributed by atoms with Crippen molar-refractivity contribution >= 4 is 44.7 Å². The highest BCUT2D eigenvalue weighted by Crippen LogP contribution is 2.38. The molecule has 0 unspecified atom stereocenters. The van der Waals surface area contributed by atoms with Gasteiger partial charge in [0.05, 0.1) is 11.6 Å². The summed E-state index contributed by atoms with van der Waals surface area (Å²) >= 11 is 8.23. The molecule has 1 aliphatic rings. The number of nitrogen functional groups attached to an aromatic ring is 1. The molecular weight excluding hydrogens is 516 g/mol. The van der Waals surface area contributed by atoms with Crippen LogP contribution in [-0.2, 0) is 6.54 Å². The van der Waals surface area contributed by atoms with E-state index in [1.54, 1.807) is 12.3 Å². The monoisotopic (exact) mass is 550 g/mol. The average Bonchev–Trinajstić information content (AvgIpc) is 3.30. The first-order valence-electron chi connectivity index (χ1n) is 13.1. The van der Waals surface area contributed by atoms with Gasteiger partial charge in [-0.1, -0.05) is 55.1 Å². The molecule has 1 saturated carbocycles. The fourth-order valence-electron chi connectivity index (χ4n) is 4.98. The molecule has 1 fully saturated rings. The van der Waals surface area contributed by atoms with Crippen LogP contribution < -0.4 is 16.2 Å². The van der Waals surface area contributed by atoms with Crippen molar-refractivity contribution < 1.29 is 9.53 Å². The molecular formula is C30H35ClN4O2S. The zero-order valence-corrected chi connectivity index (χ0v) is 23.5. The molecule has 4 N–H and O–H groups in total. The van der Waals surface area contributed by atoms with Crippen LogP contribution in [0.3, 0.4) is 0 Å². The van der Waals surface area contributed by atoms with E-state index in [0.717, 1.165) is 58.2 Å². The summed E-state index contributed by atoms with van der Waals surface area (Å²) in [5.41, 5.74) is 13.2. The number of pyridine rings is 1. The molecule has 2 aromatic heterocycles. The molecule has 5 rings (SSSR count). The van der Waals surface area contributed by atoms with Gasteiger partial charge in [-0.15, -0.1) is 11.3 Å². The van der Waals surface area contributed by atoms with Crippen molar-refractivity contribution in [1.82, 2.24) is 9.88 Å². The quantitative estimate of drug-likeness (QED) is 0.255. The van der Waals surface area contributed by atoms with E-state index in [0.29, 0.717) is 28.9 Å². The van der Waals surface area contributed by atoms with Crippen molar-refractivity contribution in [2.24, 2.45) is 5.73 Å². The van der Waals surface area contributed by atoms with Crippen molar-refractivity contribution in [2.45, 2.75) is 51.6 Å². The Hall–Kier alpha value is -3.13. The minimum Gasteiger partial charge on any atom is -0.494 e. The summed E-state index contributed by atoms with van der Waals surface area (Å²) in [4.78, 5) is 21.0. The molecule has 38 heavy (non-hydrogen) atoms. The molecule has 1 aliphatic carbocycles. The number of anilines is 1. The number of hydrogen-bond acceptors (Lipinski definition) is 6. The first kappa shape index (κ1) is 27.9. The van der Waals surface area contributed by atoms with Crippen molar-refractivity contribution in [3.05, 3.63) is 76.3 Å². The van der Waals surface area contributed by atoms with Crippen LogP contribution in [0, 0.1) is 0 Å². The molecule has 4 aromatic rings. The predicted octanol–water partition coefficient (Wildman–Crippen LogP) is 7.15. The minimum absolute atomic E-state index is 0.00453. The maximum absolute atomic E-state index is 14.1. The van der Waals surface area contributed by atoms with Crippen LogP contribution in [0.1, 0.15) is 54.3 Å². The lowest BCUT2D eigenvalue weighted by Crippen LogP contribution is -2.40. The van der Waals surface area contributed by atoms with Crippen LogP contribution >= 0.6 is 22.9 Å². The van der Waals surface area contributed by atoms with Crippen molar-refractivity contribution in [2.75, 3.05) is 19.4 Å². The first-order valence-corrected chi connectivity index (χ1v) is 14.3. The number of amides is 1. The smallest absolute Gasteiger partial charge is 0.266 e. The van der Waals surface area contributed by atoms with Crippen LogP contribution in [0.4, 0.5) is 5.82 Å². The van der Waals surface area contributed by atoms with E-state index in [-0.39, 0.29) is 11.9 Å². The maximum Gasteiger partial charge on any atom is 0.266 e. The average molecular weight is 551 g/mol. The van der Waals surface area contributed by atoms with Crippen LogP contribution in [-0.4, -0.2) is 35.5 Å². The molecule has 1 amide bonds. The Morgan fingerprint density at radius 2 is 1.82 bits per heavy atom. The van der Waals surface area contributed by atoms with Crippen molar-refractivity contribution in [3.8, 4) is 16.9 Å². The van der Waals surface area contributed by atoms with Gasteiger partial charge in [0.25, 0.3) is 5.91 Å². The first-order chi connectivity index (χ1) is 18.5. The second-order valence-electron chi connectivity index (χ2n) is 9.19. The van der Waals surface area contributed by atoms with Crippen LogP contribution in [0.25, 0.3) is 21.2 Å². The Labute approximate surface area is 233 Å². The number of halogens is 1. The molecule has 0 atom stereocenters. The van der Waals surface area contributed by atoms with Gasteiger partial charge in [-0.2, -0.15) is 0 Å². The Bertz CT molecular complexity index is 1370. The number of fused-ring (bicyclic) bond motifs is 1. The summed E-state index contributed by atoms with van der Waals surface area (Å²) in [7, 11) is 1.50. The second-order valence-corrected chi connectivity index (χ2v) is 10.6. The van der Waals surface area contributed by atoms with E-state index >= 15 is 0 Å². The number of nitrogens with two attached hydrogens (primary N) is 2. The fourth-order valence-corrected chi connectivity index (χ4v) is 6.45. The highest BCUT2D eigenvalue weighted by atomic mass is 35.5. The minimum atomic E-state index is -0.00453. The third kappa shape index (κ3) is 6.12. The Kier molecular flexibility index (Phi) is 9.61. The highest BCUT2D eigenvalue weighted by molar-refractivity contribution is 7.21. The van der Waals surface area contributed by atoms with Crippen LogP contribution in [0.15, 0.2) is 60.8 Å². The molecule has 0 spiro atoms. The van der Waals surface area contributed by atoms with Gasteiger partial charge in [0.15, 0.2) is 0 Å². The number of rotatable bonds is 7. The standard InChI is InChI=1S/C29H30ClN3O2S.CH5N/c1-2-35-24-14-12-19(20-13-15-26(31)32-17-20)16-21(24)18-33(22-8-4-3-5-9-22)29(34)28-27(30)23-10-6-7-11-25(23)36-28;1-2/h6-7,10-17,22H,2-5,8-9,18H2,1H3,(H2,31,32);2H2,1H3. The van der Waals surface area contributed by atoms with Gasteiger partial charge in [-0.05, 0) is 62.7 Å². The Morgan fingerprint density at radius 1 is 1.08 bits per heavy atom. The highest BCUT2D eigenvalue weighted by Gasteiger charge is 2.30. The summed E-state index contributed by atoms with van der Waals surface area (Å²) in [5, 5.41) is 1.48. The zero-order chi connectivity index (χ0) is 27.1. The van der Waals surface area contributed by atoms with Gasteiger partial charge < -0.3 is 21.1 Å². The topological polar surface area (TPSA) is 94.5 Å². The summed E-state index contributed by atoms with van der Waals surface area (Å²) in [6.07, 6.45) is 7.25. The molecule has 6 nitrogen and oxygen atoms in total. The van der Waals surface area contributed by atoms with E-state index in [4.69, 9.17) is 22.1 Å². The van der Waals surface area contributed by atoms with Gasteiger partial charge in [-0.3, -0.25) is 4.79 Å². The number of ether oxygens (including phenoxy) is 1. The number of carbonyl (C=O) groups excluding carboxylic acids is 1. The SMILES string of the molecule is CCOc1ccc(-c2ccc(N)nc2)cc1CN(C(=O)c1sc2ccccc2c1Cl)C1CCCCC1.CN. The third-order valence-corrected chi connectivity index (χ3v) is 8.49. The van der Waals surface area contributed by atoms with Gasteiger partial charge >= 0.3 is 0 Å². The lowest BCUT2D eigenvalue weighted by atomic mass is 9.93. The molecule has 8 heteroatoms. The number of nitrogens with zero attached hydrogens (tertiary/aromatic N) is 2. The number of benzene rings is 2. The summed E-state index contributed by atoms with van der Waals surface area (Å²) in [6, 6.07) is 18.0. The zero-order valence-electron chi connectivity index (χ0n) is 22.0. The summed E-state index contributed by atoms with van der Waals surface area (Å²) in [6.45, 7) is 2.98. The summed E-state index contributed by atoms with van der Waals surface area (Å²) < 4.78 is 7.03. The van der Waals surface area contributed by atoms with Crippen LogP contribution in [0.2, 0.25) is 5.02 Å². The number of thiophene rings is 1. The lowest BCUT2D eigenvalue weighted by molar-refractivity contribution is 0.0617. The fraction of sp³-hybridized carbons (Fsp3) is 0.333. The van der Waals surface area contributed by atoms with Crippen molar-refractivity contribution in [3.63, 3.8) is 0 Å². The molecule has 0 radical (unpaired) electrons. The van der Waals surface area contributed by atoms with Gasteiger partial charge in [0, 0.05) is 40.0 Å². The molecule has 200 valence electrons. The maximum atomic E-state index is 14.1. The van der Waals surface area contributed by atoms with Gasteiger partial charge in [-0.25, -0.2) is 4.98 Å². The summed E-state index contributed by atoms with van der Waals surface area (Å²) in [5.74, 6) is 1.27. The Balaban J connectivity index is 0.00000164. The van der Waals surface area contributed by atoms with E-state index in [2.05, 4.69) is 16.8 Å². The largest absolute Gasteiger partial charge is 0.494 e. The van der Waals surface area contributed by atoms with Crippen molar-refractivity contribution in [1.29, 1.82) is 0 Å². The molecule has 0 aliphatic heterocycles. The van der Waals surface area contributed by atoms with E-state index in [9.17, 15) is 4.79 Å². The van der Waals surface area contributed by atoms with E-state index in [1.807, 2.05) is 54.3 Å². The molecule has 2 aromatic carbocycles. The van der Waals surface area contributed by atoms with Gasteiger partial charge in [0.2, 0.25) is 0 Å². The normalized spacial score (nSPS) is 13.6. The number of hydrogen-bond donors (Lipinski definition) is 2. The second kappa shape index (κ2) is 13.1. The number of carbonyl (C=O) groups is 1. The molecule has 0 saturated heterocycles. The van der Waals surface area contributed by atoms with Crippen LogP contribution in [0.5, 0.6) is 5.75 Å².